The number of nitriles is 1. The number of pyridine rings is 1. The number of hydrogen-bond acceptors (Lipinski definition) is 5. The number of nitrogens with one attached hydrogen (secondary N) is 1. The highest BCUT2D eigenvalue weighted by Crippen LogP contribution is 2.27. The molecule has 3 heterocycles. The second-order valence-corrected chi connectivity index (χ2v) is 9.92. The molecule has 7 nitrogen and oxygen atoms in total. The maximum absolute atomic E-state index is 13.4. The standard InChI is InChI=1S/C28H29F3N6O/c1-27(2,18-32)25-9-7-22(17-34-25)33-10-4-5-23-16-21-15-20(26(38)36-13-11-35(3)12-14-36)6-8-24(21)37(23)19-28(29,30)31/h6-9,15-17,33H,10-14,19H2,1-3H3. The lowest BCUT2D eigenvalue weighted by molar-refractivity contribution is -0.140. The van der Waals surface area contributed by atoms with Gasteiger partial charge in [-0.25, -0.2) is 0 Å². The van der Waals surface area contributed by atoms with Crippen molar-refractivity contribution in [1.82, 2.24) is 19.4 Å². The number of piperazine rings is 1. The molecule has 198 valence electrons. The van der Waals surface area contributed by atoms with Gasteiger partial charge in [0, 0.05) is 42.6 Å². The van der Waals surface area contributed by atoms with Gasteiger partial charge in [0.1, 0.15) is 6.54 Å². The molecule has 0 bridgehead atoms. The van der Waals surface area contributed by atoms with Gasteiger partial charge in [-0.15, -0.1) is 0 Å². The van der Waals surface area contributed by atoms with Crippen LogP contribution in [-0.2, 0) is 12.0 Å². The van der Waals surface area contributed by atoms with Gasteiger partial charge in [0.2, 0.25) is 0 Å². The number of benzene rings is 1. The average molecular weight is 523 g/mol. The smallest absolute Gasteiger partial charge is 0.373 e. The molecule has 1 fully saturated rings. The van der Waals surface area contributed by atoms with Gasteiger partial charge in [-0.05, 0) is 63.2 Å². The first-order valence-corrected chi connectivity index (χ1v) is 12.3. The molecule has 0 atom stereocenters. The van der Waals surface area contributed by atoms with E-state index in [2.05, 4.69) is 33.1 Å². The number of likely N-dealkylation sites (N-methyl/N-ethyl adjacent to an activating group) is 1. The van der Waals surface area contributed by atoms with Crippen LogP contribution in [0.3, 0.4) is 0 Å². The Morgan fingerprint density at radius 2 is 1.84 bits per heavy atom. The molecule has 10 heteroatoms. The Labute approximate surface area is 219 Å². The van der Waals surface area contributed by atoms with E-state index in [1.54, 1.807) is 61.3 Å². The van der Waals surface area contributed by atoms with Gasteiger partial charge < -0.3 is 19.7 Å². The fourth-order valence-corrected chi connectivity index (χ4v) is 4.26. The minimum atomic E-state index is -4.43. The first-order valence-electron chi connectivity index (χ1n) is 12.3. The predicted octanol–water partition coefficient (Wildman–Crippen LogP) is 4.25. The maximum Gasteiger partial charge on any atom is 0.406 e. The van der Waals surface area contributed by atoms with Crippen molar-refractivity contribution < 1.29 is 18.0 Å². The summed E-state index contributed by atoms with van der Waals surface area (Å²) in [6.07, 6.45) is -2.84. The molecule has 3 aromatic rings. The highest BCUT2D eigenvalue weighted by molar-refractivity contribution is 5.98. The number of alkyl halides is 3. The van der Waals surface area contributed by atoms with Crippen molar-refractivity contribution in [3.63, 3.8) is 0 Å². The summed E-state index contributed by atoms with van der Waals surface area (Å²) in [5, 5.41) is 12.8. The molecule has 1 aromatic carbocycles. The van der Waals surface area contributed by atoms with Gasteiger partial charge in [-0.3, -0.25) is 9.78 Å². The number of fused-ring (bicyclic) bond motifs is 1. The largest absolute Gasteiger partial charge is 0.406 e. The lowest BCUT2D eigenvalue weighted by Gasteiger charge is -2.32. The van der Waals surface area contributed by atoms with Crippen molar-refractivity contribution in [3.8, 4) is 17.9 Å². The second kappa shape index (κ2) is 10.8. The Hall–Kier alpha value is -4.02. The normalized spacial score (nSPS) is 14.6. The molecule has 2 aromatic heterocycles. The molecule has 0 aliphatic carbocycles. The van der Waals surface area contributed by atoms with E-state index in [1.807, 2.05) is 7.05 Å². The van der Waals surface area contributed by atoms with Crippen LogP contribution in [0, 0.1) is 23.2 Å². The summed E-state index contributed by atoms with van der Waals surface area (Å²) in [6, 6.07) is 12.1. The summed E-state index contributed by atoms with van der Waals surface area (Å²) in [5.74, 6) is 5.59. The van der Waals surface area contributed by atoms with E-state index in [4.69, 9.17) is 0 Å². The number of nitrogens with zero attached hydrogens (tertiary/aromatic N) is 5. The second-order valence-electron chi connectivity index (χ2n) is 9.92. The fraction of sp³-hybridized carbons (Fsp3) is 0.393. The van der Waals surface area contributed by atoms with Gasteiger partial charge >= 0.3 is 6.18 Å². The van der Waals surface area contributed by atoms with Gasteiger partial charge in [-0.2, -0.15) is 18.4 Å². The van der Waals surface area contributed by atoms with Crippen LogP contribution < -0.4 is 5.32 Å². The molecule has 0 radical (unpaired) electrons. The zero-order valence-electron chi connectivity index (χ0n) is 21.6. The topological polar surface area (TPSA) is 77.2 Å². The average Bonchev–Trinajstić information content (AvgIpc) is 3.21. The summed E-state index contributed by atoms with van der Waals surface area (Å²) in [6.45, 7) is 5.34. The molecule has 1 amide bonds. The number of anilines is 1. The maximum atomic E-state index is 13.4. The van der Waals surface area contributed by atoms with E-state index >= 15 is 0 Å². The van der Waals surface area contributed by atoms with Crippen molar-refractivity contribution in [1.29, 1.82) is 5.26 Å². The highest BCUT2D eigenvalue weighted by Gasteiger charge is 2.30. The monoisotopic (exact) mass is 522 g/mol. The number of carbonyl (C=O) groups is 1. The molecule has 1 saturated heterocycles. The van der Waals surface area contributed by atoms with Crippen LogP contribution in [0.25, 0.3) is 10.9 Å². The zero-order chi connectivity index (χ0) is 27.5. The Balaban J connectivity index is 1.54. The summed E-state index contributed by atoms with van der Waals surface area (Å²) >= 11 is 0. The van der Waals surface area contributed by atoms with Crippen molar-refractivity contribution in [2.45, 2.75) is 32.0 Å². The number of aromatic nitrogens is 2. The number of amides is 1. The lowest BCUT2D eigenvalue weighted by atomic mass is 9.91. The Morgan fingerprint density at radius 1 is 1.11 bits per heavy atom. The van der Waals surface area contributed by atoms with Crippen molar-refractivity contribution in [3.05, 3.63) is 59.5 Å². The van der Waals surface area contributed by atoms with E-state index < -0.39 is 18.1 Å². The Kier molecular flexibility index (Phi) is 7.66. The van der Waals surface area contributed by atoms with Gasteiger partial charge in [0.25, 0.3) is 5.91 Å². The van der Waals surface area contributed by atoms with E-state index in [-0.39, 0.29) is 18.1 Å². The van der Waals surface area contributed by atoms with Gasteiger partial charge in [-0.1, -0.05) is 5.92 Å². The van der Waals surface area contributed by atoms with Crippen molar-refractivity contribution >= 4 is 22.5 Å². The summed E-state index contributed by atoms with van der Waals surface area (Å²) in [4.78, 5) is 21.2. The first kappa shape index (κ1) is 27.0. The number of rotatable bonds is 5. The number of hydrogen-bond donors (Lipinski definition) is 1. The molecular formula is C28H29F3N6O. The molecule has 1 aliphatic heterocycles. The van der Waals surface area contributed by atoms with Gasteiger partial charge in [0.05, 0.1) is 41.3 Å². The highest BCUT2D eigenvalue weighted by atomic mass is 19.4. The van der Waals surface area contributed by atoms with E-state index in [0.717, 1.165) is 17.7 Å². The minimum Gasteiger partial charge on any atom is -0.373 e. The van der Waals surface area contributed by atoms with Crippen LogP contribution >= 0.6 is 0 Å². The molecule has 1 N–H and O–H groups in total. The Morgan fingerprint density at radius 3 is 2.47 bits per heavy atom. The lowest BCUT2D eigenvalue weighted by Crippen LogP contribution is -2.47. The Bertz CT molecular complexity index is 1420. The number of carbonyl (C=O) groups excluding carboxylic acids is 1. The molecule has 0 spiro atoms. The van der Waals surface area contributed by atoms with E-state index in [9.17, 15) is 23.2 Å². The molecular weight excluding hydrogens is 493 g/mol. The van der Waals surface area contributed by atoms with Crippen molar-refractivity contribution in [2.24, 2.45) is 0 Å². The van der Waals surface area contributed by atoms with Gasteiger partial charge in [0.15, 0.2) is 0 Å². The molecule has 0 unspecified atom stereocenters. The van der Waals surface area contributed by atoms with E-state index in [1.165, 1.54) is 0 Å². The predicted molar refractivity (Wildman–Crippen MR) is 140 cm³/mol. The fourth-order valence-electron chi connectivity index (χ4n) is 4.26. The SMILES string of the molecule is CN1CCN(C(=O)c2ccc3c(c2)cc(C#CCNc2ccc(C(C)(C)C#N)nc2)n3CC(F)(F)F)CC1. The van der Waals surface area contributed by atoms with Crippen LogP contribution in [-0.4, -0.2) is 71.2 Å². The van der Waals surface area contributed by atoms with Crippen LogP contribution in [0.2, 0.25) is 0 Å². The van der Waals surface area contributed by atoms with Crippen LogP contribution in [0.4, 0.5) is 18.9 Å². The van der Waals surface area contributed by atoms with Crippen molar-refractivity contribution in [2.75, 3.05) is 45.1 Å². The molecule has 0 saturated carbocycles. The summed E-state index contributed by atoms with van der Waals surface area (Å²) in [7, 11) is 2.00. The first-order chi connectivity index (χ1) is 18.0. The molecule has 38 heavy (non-hydrogen) atoms. The third-order valence-corrected chi connectivity index (χ3v) is 6.56. The third kappa shape index (κ3) is 6.27. The minimum absolute atomic E-state index is 0.127. The molecule has 4 rings (SSSR count). The van der Waals surface area contributed by atoms with E-state index in [0.29, 0.717) is 40.9 Å². The summed E-state index contributed by atoms with van der Waals surface area (Å²) < 4.78 is 41.3. The van der Waals surface area contributed by atoms with Crippen LogP contribution in [0.5, 0.6) is 0 Å². The quantitative estimate of drug-likeness (QED) is 0.507. The number of halogens is 3. The summed E-state index contributed by atoms with van der Waals surface area (Å²) in [5.41, 5.74) is 1.64. The van der Waals surface area contributed by atoms with Crippen LogP contribution in [0.1, 0.15) is 35.6 Å². The zero-order valence-corrected chi connectivity index (χ0v) is 21.6. The van der Waals surface area contributed by atoms with Crippen LogP contribution in [0.15, 0.2) is 42.6 Å². The molecule has 1 aliphatic rings. The third-order valence-electron chi connectivity index (χ3n) is 6.56.